The molecule has 82 valence electrons. The number of aromatic nitrogens is 1. The van der Waals surface area contributed by atoms with E-state index in [1.54, 1.807) is 0 Å². The molecule has 4 nitrogen and oxygen atoms in total. The first-order chi connectivity index (χ1) is 7.50. The van der Waals surface area contributed by atoms with Crippen LogP contribution in [0.4, 0.5) is 0 Å². The zero-order valence-corrected chi connectivity index (χ0v) is 9.38. The first-order valence-corrected chi connectivity index (χ1v) is 5.03. The molecule has 0 radical (unpaired) electrons. The molecule has 0 fully saturated rings. The zero-order chi connectivity index (χ0) is 11.9. The van der Waals surface area contributed by atoms with Crippen LogP contribution in [-0.2, 0) is 0 Å². The van der Waals surface area contributed by atoms with Crippen molar-refractivity contribution >= 4 is 40.0 Å². The highest BCUT2D eigenvalue weighted by Gasteiger charge is 2.13. The lowest BCUT2D eigenvalue weighted by atomic mass is 10.1. The Morgan fingerprint density at radius 3 is 2.69 bits per heavy atom. The first-order valence-electron chi connectivity index (χ1n) is 4.27. The molecule has 0 unspecified atom stereocenters. The number of carbonyl (C=O) groups excluding carboxylic acids is 1. The summed E-state index contributed by atoms with van der Waals surface area (Å²) in [7, 11) is 0. The molecule has 0 saturated heterocycles. The summed E-state index contributed by atoms with van der Waals surface area (Å²) in [5, 5.41) is 10.2. The molecule has 0 spiro atoms. The van der Waals surface area contributed by atoms with Crippen LogP contribution in [0.5, 0.6) is 5.75 Å². The third kappa shape index (κ3) is 1.66. The normalized spacial score (nSPS) is 10.6. The van der Waals surface area contributed by atoms with Gasteiger partial charge in [0.15, 0.2) is 0 Å². The van der Waals surface area contributed by atoms with Crippen molar-refractivity contribution in [1.29, 1.82) is 0 Å². The number of benzene rings is 1. The summed E-state index contributed by atoms with van der Waals surface area (Å²) in [6.07, 6.45) is 1.28. The van der Waals surface area contributed by atoms with Gasteiger partial charge in [-0.2, -0.15) is 0 Å². The van der Waals surface area contributed by atoms with Gasteiger partial charge >= 0.3 is 0 Å². The molecule has 1 heterocycles. The highest BCUT2D eigenvalue weighted by molar-refractivity contribution is 6.39. The minimum atomic E-state index is -0.672. The number of amides is 1. The van der Waals surface area contributed by atoms with Crippen LogP contribution >= 0.6 is 23.2 Å². The SMILES string of the molecule is NC(=O)c1cnc2cc(Cl)c(O)cc2c1Cl. The summed E-state index contributed by atoms with van der Waals surface area (Å²) < 4.78 is 0. The van der Waals surface area contributed by atoms with Crippen LogP contribution in [0.2, 0.25) is 10.0 Å². The molecule has 0 aliphatic heterocycles. The fraction of sp³-hybridized carbons (Fsp3) is 0. The summed E-state index contributed by atoms with van der Waals surface area (Å²) in [6, 6.07) is 2.81. The van der Waals surface area contributed by atoms with E-state index in [0.29, 0.717) is 10.9 Å². The van der Waals surface area contributed by atoms with E-state index in [-0.39, 0.29) is 21.4 Å². The van der Waals surface area contributed by atoms with Crippen molar-refractivity contribution < 1.29 is 9.90 Å². The van der Waals surface area contributed by atoms with Gasteiger partial charge in [0, 0.05) is 11.6 Å². The predicted molar refractivity (Wildman–Crippen MR) is 61.9 cm³/mol. The van der Waals surface area contributed by atoms with Gasteiger partial charge < -0.3 is 10.8 Å². The number of primary amides is 1. The molecule has 16 heavy (non-hydrogen) atoms. The van der Waals surface area contributed by atoms with Gasteiger partial charge in [-0.25, -0.2) is 0 Å². The standard InChI is InChI=1S/C10H6Cl2N2O2/c11-6-2-7-4(1-8(6)15)9(12)5(3-14-7)10(13)16/h1-3,15H,(H2,13,16). The molecular weight excluding hydrogens is 251 g/mol. The van der Waals surface area contributed by atoms with Crippen LogP contribution in [0.3, 0.4) is 0 Å². The van der Waals surface area contributed by atoms with Crippen molar-refractivity contribution in [3.63, 3.8) is 0 Å². The molecule has 1 amide bonds. The second-order valence-corrected chi connectivity index (χ2v) is 3.96. The van der Waals surface area contributed by atoms with Crippen LogP contribution in [0.25, 0.3) is 10.9 Å². The van der Waals surface area contributed by atoms with Gasteiger partial charge in [0.2, 0.25) is 0 Å². The Morgan fingerprint density at radius 2 is 2.06 bits per heavy atom. The smallest absolute Gasteiger partial charge is 0.251 e. The van der Waals surface area contributed by atoms with E-state index < -0.39 is 5.91 Å². The quantitative estimate of drug-likeness (QED) is 0.823. The van der Waals surface area contributed by atoms with Crippen LogP contribution in [0, 0.1) is 0 Å². The second kappa shape index (κ2) is 3.81. The summed E-state index contributed by atoms with van der Waals surface area (Å²) in [4.78, 5) is 15.0. The van der Waals surface area contributed by atoms with Crippen molar-refractivity contribution in [3.8, 4) is 5.75 Å². The minimum absolute atomic E-state index is 0.107. The number of aromatic hydroxyl groups is 1. The Morgan fingerprint density at radius 1 is 1.38 bits per heavy atom. The van der Waals surface area contributed by atoms with E-state index in [2.05, 4.69) is 4.98 Å². The van der Waals surface area contributed by atoms with Crippen molar-refractivity contribution in [3.05, 3.63) is 33.9 Å². The Bertz CT molecular complexity index is 599. The lowest BCUT2D eigenvalue weighted by Crippen LogP contribution is -2.12. The number of hydrogen-bond acceptors (Lipinski definition) is 3. The predicted octanol–water partition coefficient (Wildman–Crippen LogP) is 2.35. The maximum atomic E-state index is 11.0. The third-order valence-electron chi connectivity index (χ3n) is 2.14. The highest BCUT2D eigenvalue weighted by atomic mass is 35.5. The van der Waals surface area contributed by atoms with Crippen molar-refractivity contribution in [2.75, 3.05) is 0 Å². The fourth-order valence-corrected chi connectivity index (χ4v) is 1.79. The van der Waals surface area contributed by atoms with Crippen molar-refractivity contribution in [2.45, 2.75) is 0 Å². The lowest BCUT2D eigenvalue weighted by molar-refractivity contribution is 0.100. The Balaban J connectivity index is 2.84. The molecule has 0 saturated carbocycles. The number of phenolic OH excluding ortho intramolecular Hbond substituents is 1. The Labute approximate surface area is 101 Å². The second-order valence-electron chi connectivity index (χ2n) is 3.17. The molecule has 1 aromatic heterocycles. The topological polar surface area (TPSA) is 76.2 Å². The number of pyridine rings is 1. The van der Waals surface area contributed by atoms with E-state index in [0.717, 1.165) is 0 Å². The number of fused-ring (bicyclic) bond motifs is 1. The van der Waals surface area contributed by atoms with Crippen LogP contribution in [0.1, 0.15) is 10.4 Å². The summed E-state index contributed by atoms with van der Waals surface area (Å²) in [6.45, 7) is 0. The van der Waals surface area contributed by atoms with E-state index in [1.165, 1.54) is 18.3 Å². The average molecular weight is 257 g/mol. The van der Waals surface area contributed by atoms with Crippen LogP contribution < -0.4 is 5.73 Å². The minimum Gasteiger partial charge on any atom is -0.506 e. The van der Waals surface area contributed by atoms with E-state index >= 15 is 0 Å². The number of carbonyl (C=O) groups is 1. The molecule has 0 aliphatic carbocycles. The molecular formula is C10H6Cl2N2O2. The van der Waals surface area contributed by atoms with Gasteiger partial charge in [0.25, 0.3) is 5.91 Å². The summed E-state index contributed by atoms with van der Waals surface area (Å²) in [5.74, 6) is -0.798. The number of rotatable bonds is 1. The molecule has 1 aromatic carbocycles. The molecule has 0 aliphatic rings. The van der Waals surface area contributed by atoms with Gasteiger partial charge in [0.1, 0.15) is 5.75 Å². The number of nitrogens with two attached hydrogens (primary N) is 1. The number of nitrogens with zero attached hydrogens (tertiary/aromatic N) is 1. The number of phenols is 1. The summed E-state index contributed by atoms with van der Waals surface area (Å²) in [5.41, 5.74) is 5.71. The van der Waals surface area contributed by atoms with Crippen LogP contribution in [-0.4, -0.2) is 16.0 Å². The van der Waals surface area contributed by atoms with Gasteiger partial charge in [-0.1, -0.05) is 23.2 Å². The van der Waals surface area contributed by atoms with Gasteiger partial charge in [-0.15, -0.1) is 0 Å². The fourth-order valence-electron chi connectivity index (χ4n) is 1.34. The molecule has 0 bridgehead atoms. The van der Waals surface area contributed by atoms with Gasteiger partial charge in [-0.3, -0.25) is 9.78 Å². The largest absolute Gasteiger partial charge is 0.506 e. The molecule has 6 heteroatoms. The van der Waals surface area contributed by atoms with Gasteiger partial charge in [-0.05, 0) is 12.1 Å². The molecule has 3 N–H and O–H groups in total. The average Bonchev–Trinajstić information content (AvgIpc) is 2.21. The molecule has 2 aromatic rings. The Kier molecular flexibility index (Phi) is 2.61. The van der Waals surface area contributed by atoms with Crippen molar-refractivity contribution in [1.82, 2.24) is 4.98 Å². The lowest BCUT2D eigenvalue weighted by Gasteiger charge is -2.05. The zero-order valence-electron chi connectivity index (χ0n) is 7.87. The number of halogens is 2. The van der Waals surface area contributed by atoms with E-state index in [1.807, 2.05) is 0 Å². The summed E-state index contributed by atoms with van der Waals surface area (Å²) >= 11 is 11.7. The Hall–Kier alpha value is -1.52. The number of hydrogen-bond donors (Lipinski definition) is 2. The third-order valence-corrected chi connectivity index (χ3v) is 2.85. The highest BCUT2D eigenvalue weighted by Crippen LogP contribution is 2.33. The first kappa shape index (κ1) is 11.0. The maximum absolute atomic E-state index is 11.0. The van der Waals surface area contributed by atoms with Crippen molar-refractivity contribution in [2.24, 2.45) is 5.73 Å². The van der Waals surface area contributed by atoms with Crippen LogP contribution in [0.15, 0.2) is 18.3 Å². The van der Waals surface area contributed by atoms with E-state index in [4.69, 9.17) is 28.9 Å². The maximum Gasteiger partial charge on any atom is 0.251 e. The van der Waals surface area contributed by atoms with E-state index in [9.17, 15) is 9.90 Å². The van der Waals surface area contributed by atoms with Gasteiger partial charge in [0.05, 0.1) is 21.1 Å². The molecule has 0 atom stereocenters. The monoisotopic (exact) mass is 256 g/mol. The molecule has 2 rings (SSSR count).